The van der Waals surface area contributed by atoms with Gasteiger partial charge in [-0.2, -0.15) is 0 Å². The molecule has 1 aromatic heterocycles. The number of carbonyl (C=O) groups excluding carboxylic acids is 1. The summed E-state index contributed by atoms with van der Waals surface area (Å²) in [5.74, 6) is 0.107. The first kappa shape index (κ1) is 15.6. The molecule has 112 valence electrons. The number of anilines is 1. The zero-order valence-corrected chi connectivity index (χ0v) is 13.8. The third-order valence-corrected chi connectivity index (χ3v) is 5.21. The minimum Gasteiger partial charge on any atom is -0.358 e. The molecule has 0 aromatic carbocycles. The minimum atomic E-state index is -0.129. The van der Waals surface area contributed by atoms with Gasteiger partial charge < -0.3 is 10.6 Å². The molecule has 1 fully saturated rings. The van der Waals surface area contributed by atoms with Crippen molar-refractivity contribution >= 4 is 34.1 Å². The third kappa shape index (κ3) is 4.63. The van der Waals surface area contributed by atoms with Crippen LogP contribution in [-0.2, 0) is 4.79 Å². The highest BCUT2D eigenvalue weighted by Gasteiger charge is 2.22. The quantitative estimate of drug-likeness (QED) is 0.790. The highest BCUT2D eigenvalue weighted by molar-refractivity contribution is 8.02. The third-order valence-electron chi connectivity index (χ3n) is 3.17. The number of carbonyl (C=O) groups is 1. The Labute approximate surface area is 128 Å². The Kier molecular flexibility index (Phi) is 5.65. The van der Waals surface area contributed by atoms with E-state index in [1.165, 1.54) is 35.9 Å². The molecule has 1 aliphatic carbocycles. The summed E-state index contributed by atoms with van der Waals surface area (Å²) in [6.45, 7) is 6.05. The van der Waals surface area contributed by atoms with Crippen LogP contribution in [0.25, 0.3) is 0 Å². The van der Waals surface area contributed by atoms with Gasteiger partial charge in [0.1, 0.15) is 0 Å². The van der Waals surface area contributed by atoms with Gasteiger partial charge in [0, 0.05) is 12.1 Å². The molecule has 1 amide bonds. The Morgan fingerprint density at radius 3 is 2.65 bits per heavy atom. The molecule has 7 heteroatoms. The highest BCUT2D eigenvalue weighted by Crippen LogP contribution is 2.29. The summed E-state index contributed by atoms with van der Waals surface area (Å²) in [5, 5.41) is 15.2. The number of hydrogen-bond donors (Lipinski definition) is 2. The number of nitrogens with zero attached hydrogens (tertiary/aromatic N) is 2. The second kappa shape index (κ2) is 7.26. The predicted octanol–water partition coefficient (Wildman–Crippen LogP) is 2.90. The fourth-order valence-electron chi connectivity index (χ4n) is 2.16. The molecule has 1 saturated carbocycles. The second-order valence-corrected chi connectivity index (χ2v) is 7.99. The zero-order valence-electron chi connectivity index (χ0n) is 12.2. The number of aromatic nitrogens is 2. The second-order valence-electron chi connectivity index (χ2n) is 5.42. The first-order valence-corrected chi connectivity index (χ1v) is 8.81. The maximum atomic E-state index is 12.1. The first-order valence-electron chi connectivity index (χ1n) is 7.11. The molecule has 1 atom stereocenters. The molecule has 0 aliphatic heterocycles. The monoisotopic (exact) mass is 314 g/mol. The van der Waals surface area contributed by atoms with Crippen molar-refractivity contribution in [3.63, 3.8) is 0 Å². The number of amides is 1. The van der Waals surface area contributed by atoms with Crippen LogP contribution in [0.3, 0.4) is 0 Å². The molecule has 1 aliphatic rings. The van der Waals surface area contributed by atoms with Crippen molar-refractivity contribution in [3.8, 4) is 0 Å². The normalized spacial score (nSPS) is 17.4. The maximum absolute atomic E-state index is 12.1. The van der Waals surface area contributed by atoms with E-state index in [0.717, 1.165) is 22.3 Å². The molecule has 0 unspecified atom stereocenters. The summed E-state index contributed by atoms with van der Waals surface area (Å²) in [7, 11) is 0. The Morgan fingerprint density at radius 1 is 1.30 bits per heavy atom. The van der Waals surface area contributed by atoms with Crippen molar-refractivity contribution in [1.29, 1.82) is 0 Å². The highest BCUT2D eigenvalue weighted by atomic mass is 32.2. The van der Waals surface area contributed by atoms with Crippen molar-refractivity contribution in [2.45, 2.75) is 68.1 Å². The molecule has 0 radical (unpaired) electrons. The van der Waals surface area contributed by atoms with Crippen LogP contribution in [0.4, 0.5) is 5.13 Å². The Balaban J connectivity index is 1.82. The van der Waals surface area contributed by atoms with Crippen molar-refractivity contribution in [2.24, 2.45) is 0 Å². The van der Waals surface area contributed by atoms with E-state index in [1.54, 1.807) is 0 Å². The lowest BCUT2D eigenvalue weighted by Gasteiger charge is -2.15. The van der Waals surface area contributed by atoms with E-state index in [-0.39, 0.29) is 11.2 Å². The van der Waals surface area contributed by atoms with Crippen LogP contribution in [0.5, 0.6) is 0 Å². The maximum Gasteiger partial charge on any atom is 0.233 e. The Hall–Kier alpha value is -0.820. The van der Waals surface area contributed by atoms with Crippen molar-refractivity contribution in [1.82, 2.24) is 15.5 Å². The van der Waals surface area contributed by atoms with E-state index in [2.05, 4.69) is 34.7 Å². The lowest BCUT2D eigenvalue weighted by atomic mass is 10.2. The SMILES string of the molecule is CC(C)Nc1nnc(S[C@H](C)C(=O)NC2CCCC2)s1. The topological polar surface area (TPSA) is 66.9 Å². The van der Waals surface area contributed by atoms with Gasteiger partial charge in [-0.1, -0.05) is 35.9 Å². The number of thioether (sulfide) groups is 1. The largest absolute Gasteiger partial charge is 0.358 e. The average Bonchev–Trinajstić information content (AvgIpc) is 3.00. The summed E-state index contributed by atoms with van der Waals surface area (Å²) in [6, 6.07) is 0.710. The van der Waals surface area contributed by atoms with Crippen LogP contribution in [0.15, 0.2) is 4.34 Å². The van der Waals surface area contributed by atoms with Gasteiger partial charge in [-0.25, -0.2) is 0 Å². The van der Waals surface area contributed by atoms with Crippen LogP contribution in [0.1, 0.15) is 46.5 Å². The van der Waals surface area contributed by atoms with E-state index in [9.17, 15) is 4.79 Å². The summed E-state index contributed by atoms with van der Waals surface area (Å²) in [6.07, 6.45) is 4.69. The Morgan fingerprint density at radius 2 is 2.00 bits per heavy atom. The fraction of sp³-hybridized carbons (Fsp3) is 0.769. The van der Waals surface area contributed by atoms with Gasteiger partial charge in [0.15, 0.2) is 4.34 Å². The minimum absolute atomic E-state index is 0.107. The van der Waals surface area contributed by atoms with E-state index in [1.807, 2.05) is 6.92 Å². The molecule has 2 rings (SSSR count). The summed E-state index contributed by atoms with van der Waals surface area (Å²) in [5.41, 5.74) is 0. The fourth-order valence-corrected chi connectivity index (χ4v) is 4.21. The lowest BCUT2D eigenvalue weighted by molar-refractivity contribution is -0.120. The summed E-state index contributed by atoms with van der Waals surface area (Å²) >= 11 is 2.98. The van der Waals surface area contributed by atoms with Crippen molar-refractivity contribution in [3.05, 3.63) is 0 Å². The van der Waals surface area contributed by atoms with E-state index < -0.39 is 0 Å². The van der Waals surface area contributed by atoms with Crippen LogP contribution in [0.2, 0.25) is 0 Å². The molecule has 1 aromatic rings. The smallest absolute Gasteiger partial charge is 0.233 e. The predicted molar refractivity (Wildman–Crippen MR) is 84.4 cm³/mol. The van der Waals surface area contributed by atoms with Gasteiger partial charge in [-0.15, -0.1) is 10.2 Å². The van der Waals surface area contributed by atoms with Gasteiger partial charge in [-0.05, 0) is 33.6 Å². The van der Waals surface area contributed by atoms with Gasteiger partial charge >= 0.3 is 0 Å². The van der Waals surface area contributed by atoms with Crippen LogP contribution < -0.4 is 10.6 Å². The van der Waals surface area contributed by atoms with E-state index >= 15 is 0 Å². The molecule has 20 heavy (non-hydrogen) atoms. The molecule has 0 spiro atoms. The molecule has 2 N–H and O–H groups in total. The molecular formula is C13H22N4OS2. The molecular weight excluding hydrogens is 292 g/mol. The van der Waals surface area contributed by atoms with Gasteiger partial charge in [0.05, 0.1) is 5.25 Å². The number of hydrogen-bond acceptors (Lipinski definition) is 6. The zero-order chi connectivity index (χ0) is 14.5. The van der Waals surface area contributed by atoms with Gasteiger partial charge in [0.2, 0.25) is 11.0 Å². The molecule has 1 heterocycles. The van der Waals surface area contributed by atoms with E-state index in [0.29, 0.717) is 12.1 Å². The standard InChI is InChI=1S/C13H22N4OS2/c1-8(2)14-12-16-17-13(20-12)19-9(3)11(18)15-10-6-4-5-7-10/h8-10H,4-7H2,1-3H3,(H,14,16)(H,15,18)/t9-/m1/s1. The van der Waals surface area contributed by atoms with Crippen molar-refractivity contribution < 1.29 is 4.79 Å². The molecule has 5 nitrogen and oxygen atoms in total. The first-order chi connectivity index (χ1) is 9.54. The van der Waals surface area contributed by atoms with Crippen LogP contribution >= 0.6 is 23.1 Å². The van der Waals surface area contributed by atoms with Crippen LogP contribution in [-0.4, -0.2) is 33.4 Å². The van der Waals surface area contributed by atoms with Gasteiger partial charge in [-0.3, -0.25) is 4.79 Å². The van der Waals surface area contributed by atoms with Crippen LogP contribution in [0, 0.1) is 0 Å². The Bertz CT molecular complexity index is 443. The molecule has 0 saturated heterocycles. The lowest BCUT2D eigenvalue weighted by Crippen LogP contribution is -2.37. The summed E-state index contributed by atoms with van der Waals surface area (Å²) < 4.78 is 0.835. The molecule has 0 bridgehead atoms. The number of rotatable bonds is 6. The average molecular weight is 314 g/mol. The van der Waals surface area contributed by atoms with Crippen molar-refractivity contribution in [2.75, 3.05) is 5.32 Å². The number of nitrogens with one attached hydrogen (secondary N) is 2. The summed E-state index contributed by atoms with van der Waals surface area (Å²) in [4.78, 5) is 12.1. The van der Waals surface area contributed by atoms with E-state index in [4.69, 9.17) is 0 Å². The van der Waals surface area contributed by atoms with Gasteiger partial charge in [0.25, 0.3) is 0 Å².